The van der Waals surface area contributed by atoms with E-state index in [4.69, 9.17) is 14.2 Å². The molecule has 0 aromatic carbocycles. The third kappa shape index (κ3) is 3.80. The molecule has 27 heavy (non-hydrogen) atoms. The van der Waals surface area contributed by atoms with E-state index >= 15 is 0 Å². The Morgan fingerprint density at radius 3 is 2.67 bits per heavy atom. The Morgan fingerprint density at radius 2 is 2.00 bits per heavy atom. The van der Waals surface area contributed by atoms with Crippen LogP contribution in [-0.4, -0.2) is 35.3 Å². The second kappa shape index (κ2) is 7.72. The van der Waals surface area contributed by atoms with E-state index in [2.05, 4.69) is 10.5 Å². The number of thiazole rings is 1. The Hall–Kier alpha value is -1.73. The maximum atomic E-state index is 12.8. The molecule has 2 aliphatic carbocycles. The molecule has 1 atom stereocenters. The monoisotopic (exact) mass is 389 g/mol. The van der Waals surface area contributed by atoms with Crippen LogP contribution in [0, 0.1) is 19.8 Å². The molecule has 1 fully saturated rings. The summed E-state index contributed by atoms with van der Waals surface area (Å²) < 4.78 is 10.7. The minimum Gasteiger partial charge on any atom is -0.381 e. The van der Waals surface area contributed by atoms with Gasteiger partial charge in [-0.1, -0.05) is 5.16 Å². The van der Waals surface area contributed by atoms with Crippen molar-refractivity contribution in [3.05, 3.63) is 22.0 Å². The molecular formula is C20H27N3O3S. The van der Waals surface area contributed by atoms with Gasteiger partial charge in [0.15, 0.2) is 0 Å². The fourth-order valence-corrected chi connectivity index (χ4v) is 5.51. The molecule has 1 saturated carbocycles. The molecule has 2 aromatic rings. The minimum atomic E-state index is 0.0252. The maximum Gasteiger partial charge on any atom is 0.223 e. The summed E-state index contributed by atoms with van der Waals surface area (Å²) >= 11 is 1.72. The van der Waals surface area contributed by atoms with E-state index in [1.165, 1.54) is 4.88 Å². The van der Waals surface area contributed by atoms with Gasteiger partial charge in [-0.05, 0) is 52.4 Å². The first-order chi connectivity index (χ1) is 13.0. The van der Waals surface area contributed by atoms with E-state index in [-0.39, 0.29) is 11.8 Å². The molecule has 2 aromatic heterocycles. The van der Waals surface area contributed by atoms with Gasteiger partial charge in [-0.25, -0.2) is 4.98 Å². The van der Waals surface area contributed by atoms with Crippen LogP contribution >= 0.6 is 11.3 Å². The average molecular weight is 390 g/mol. The lowest BCUT2D eigenvalue weighted by atomic mass is 9.88. The highest BCUT2D eigenvalue weighted by molar-refractivity contribution is 7.15. The number of rotatable bonds is 4. The molecule has 0 spiro atoms. The molecule has 1 amide bonds. The molecule has 7 heteroatoms. The number of nitrogens with zero attached hydrogens (tertiary/aromatic N) is 2. The van der Waals surface area contributed by atoms with Crippen molar-refractivity contribution >= 4 is 17.2 Å². The van der Waals surface area contributed by atoms with Crippen molar-refractivity contribution < 1.29 is 14.1 Å². The summed E-state index contributed by atoms with van der Waals surface area (Å²) in [7, 11) is 1.77. The molecule has 0 aliphatic heterocycles. The molecule has 146 valence electrons. The van der Waals surface area contributed by atoms with Gasteiger partial charge in [-0.15, -0.1) is 11.3 Å². The van der Waals surface area contributed by atoms with Gasteiger partial charge in [0, 0.05) is 30.4 Å². The maximum absolute atomic E-state index is 12.8. The standard InChI is InChI=1S/C20H27N3O3S/c1-11-18(12(2)26-23-11)20-22-16-10-13(4-9-17(16)27-20)19(24)21-14-5-7-15(25-3)8-6-14/h13-15H,4-10H2,1-3H3,(H,21,24). The Bertz CT molecular complexity index is 801. The highest BCUT2D eigenvalue weighted by Gasteiger charge is 2.31. The second-order valence-electron chi connectivity index (χ2n) is 7.75. The average Bonchev–Trinajstić information content (AvgIpc) is 3.23. The van der Waals surface area contributed by atoms with Crippen molar-refractivity contribution in [2.75, 3.05) is 7.11 Å². The Balaban J connectivity index is 1.40. The number of amides is 1. The zero-order valence-corrected chi connectivity index (χ0v) is 17.0. The summed E-state index contributed by atoms with van der Waals surface area (Å²) in [5.41, 5.74) is 2.95. The molecule has 6 nitrogen and oxygen atoms in total. The van der Waals surface area contributed by atoms with Crippen molar-refractivity contribution in [3.63, 3.8) is 0 Å². The first-order valence-corrected chi connectivity index (χ1v) is 10.6. The SMILES string of the molecule is COC1CCC(NC(=O)C2CCc3sc(-c4c(C)noc4C)nc3C2)CC1. The molecule has 1 N–H and O–H groups in total. The van der Waals surface area contributed by atoms with Crippen molar-refractivity contribution in [2.24, 2.45) is 5.92 Å². The van der Waals surface area contributed by atoms with Crippen LogP contribution in [-0.2, 0) is 22.4 Å². The van der Waals surface area contributed by atoms with Crippen LogP contribution in [0.2, 0.25) is 0 Å². The summed E-state index contributed by atoms with van der Waals surface area (Å²) in [5, 5.41) is 8.28. The lowest BCUT2D eigenvalue weighted by Gasteiger charge is -2.30. The van der Waals surface area contributed by atoms with E-state index < -0.39 is 0 Å². The van der Waals surface area contributed by atoms with E-state index in [1.54, 1.807) is 18.4 Å². The molecule has 2 heterocycles. The minimum absolute atomic E-state index is 0.0252. The number of carbonyl (C=O) groups excluding carboxylic acids is 1. The van der Waals surface area contributed by atoms with Gasteiger partial charge in [-0.2, -0.15) is 0 Å². The van der Waals surface area contributed by atoms with Crippen LogP contribution < -0.4 is 5.32 Å². The number of hydrogen-bond acceptors (Lipinski definition) is 6. The molecule has 0 radical (unpaired) electrons. The molecule has 4 rings (SSSR count). The predicted molar refractivity (Wildman–Crippen MR) is 104 cm³/mol. The number of aryl methyl sites for hydroxylation is 3. The lowest BCUT2D eigenvalue weighted by molar-refractivity contribution is -0.126. The molecule has 1 unspecified atom stereocenters. The van der Waals surface area contributed by atoms with E-state index in [1.807, 2.05) is 13.8 Å². The number of fused-ring (bicyclic) bond motifs is 1. The summed E-state index contributed by atoms with van der Waals surface area (Å²) in [6, 6.07) is 0.290. The molecule has 0 bridgehead atoms. The van der Waals surface area contributed by atoms with Gasteiger partial charge in [0.1, 0.15) is 10.8 Å². The van der Waals surface area contributed by atoms with Gasteiger partial charge in [0.05, 0.1) is 23.1 Å². The van der Waals surface area contributed by atoms with E-state index in [9.17, 15) is 4.79 Å². The van der Waals surface area contributed by atoms with Crippen LogP contribution in [0.25, 0.3) is 10.6 Å². The predicted octanol–water partition coefficient (Wildman–Crippen LogP) is 3.59. The summed E-state index contributed by atoms with van der Waals surface area (Å²) in [6.07, 6.45) is 6.99. The van der Waals surface area contributed by atoms with Gasteiger partial charge in [0.2, 0.25) is 5.91 Å². The fourth-order valence-electron chi connectivity index (χ4n) is 4.26. The summed E-state index contributed by atoms with van der Waals surface area (Å²) in [6.45, 7) is 3.87. The zero-order valence-electron chi connectivity index (χ0n) is 16.2. The second-order valence-corrected chi connectivity index (χ2v) is 8.83. The van der Waals surface area contributed by atoms with E-state index in [0.717, 1.165) is 72.7 Å². The molecule has 2 aliphatic rings. The Kier molecular flexibility index (Phi) is 5.32. The number of nitrogens with one attached hydrogen (secondary N) is 1. The third-order valence-electron chi connectivity index (χ3n) is 5.91. The third-order valence-corrected chi connectivity index (χ3v) is 7.08. The number of methoxy groups -OCH3 is 1. The Morgan fingerprint density at radius 1 is 1.22 bits per heavy atom. The van der Waals surface area contributed by atoms with Crippen molar-refractivity contribution in [1.82, 2.24) is 15.5 Å². The highest BCUT2D eigenvalue weighted by Crippen LogP contribution is 2.37. The zero-order chi connectivity index (χ0) is 19.0. The number of ether oxygens (including phenoxy) is 1. The van der Waals surface area contributed by atoms with Crippen LogP contribution in [0.5, 0.6) is 0 Å². The topological polar surface area (TPSA) is 77.2 Å². The smallest absolute Gasteiger partial charge is 0.223 e. The van der Waals surface area contributed by atoms with E-state index in [0.29, 0.717) is 12.1 Å². The normalized spacial score (nSPS) is 25.2. The first kappa shape index (κ1) is 18.6. The van der Waals surface area contributed by atoms with Crippen molar-refractivity contribution in [1.29, 1.82) is 0 Å². The van der Waals surface area contributed by atoms with Gasteiger partial charge in [0.25, 0.3) is 0 Å². The fraction of sp³-hybridized carbons (Fsp3) is 0.650. The quantitative estimate of drug-likeness (QED) is 0.865. The van der Waals surface area contributed by atoms with Gasteiger partial charge >= 0.3 is 0 Å². The summed E-state index contributed by atoms with van der Waals surface area (Å²) in [5.74, 6) is 1.02. The van der Waals surface area contributed by atoms with Crippen molar-refractivity contribution in [3.8, 4) is 10.6 Å². The number of carbonyl (C=O) groups is 1. The van der Waals surface area contributed by atoms with Gasteiger partial charge in [-0.3, -0.25) is 4.79 Å². The Labute approximate surface area is 163 Å². The molecule has 0 saturated heterocycles. The van der Waals surface area contributed by atoms with Crippen LogP contribution in [0.4, 0.5) is 0 Å². The highest BCUT2D eigenvalue weighted by atomic mass is 32.1. The van der Waals surface area contributed by atoms with Crippen LogP contribution in [0.15, 0.2) is 4.52 Å². The van der Waals surface area contributed by atoms with Gasteiger partial charge < -0.3 is 14.6 Å². The molecular weight excluding hydrogens is 362 g/mol. The first-order valence-electron chi connectivity index (χ1n) is 9.80. The largest absolute Gasteiger partial charge is 0.381 e. The summed E-state index contributed by atoms with van der Waals surface area (Å²) in [4.78, 5) is 18.9. The van der Waals surface area contributed by atoms with Crippen molar-refractivity contribution in [2.45, 2.75) is 70.9 Å². The number of hydrogen-bond donors (Lipinski definition) is 1. The van der Waals surface area contributed by atoms with Crippen LogP contribution in [0.3, 0.4) is 0 Å². The lowest BCUT2D eigenvalue weighted by Crippen LogP contribution is -2.43. The van der Waals surface area contributed by atoms with Crippen LogP contribution in [0.1, 0.15) is 54.1 Å². The number of aromatic nitrogens is 2.